The SMILES string of the molecule is CCOC(=O)N1CCOC(c2ccc(F)cc2)C1. The molecule has 1 heterocycles. The Morgan fingerprint density at radius 3 is 2.89 bits per heavy atom. The van der Waals surface area contributed by atoms with Crippen LogP contribution in [0.1, 0.15) is 18.6 Å². The van der Waals surface area contributed by atoms with Gasteiger partial charge in [-0.25, -0.2) is 9.18 Å². The molecule has 1 atom stereocenters. The minimum Gasteiger partial charge on any atom is -0.450 e. The monoisotopic (exact) mass is 253 g/mol. The Morgan fingerprint density at radius 1 is 1.50 bits per heavy atom. The fraction of sp³-hybridized carbons (Fsp3) is 0.462. The number of hydrogen-bond acceptors (Lipinski definition) is 3. The molecule has 0 aromatic heterocycles. The molecule has 2 rings (SSSR count). The van der Waals surface area contributed by atoms with Crippen molar-refractivity contribution in [2.24, 2.45) is 0 Å². The zero-order valence-electron chi connectivity index (χ0n) is 10.3. The lowest BCUT2D eigenvalue weighted by Gasteiger charge is -2.32. The first kappa shape index (κ1) is 12.8. The second-order valence-electron chi connectivity index (χ2n) is 4.06. The van der Waals surface area contributed by atoms with E-state index in [1.807, 2.05) is 0 Å². The van der Waals surface area contributed by atoms with E-state index in [0.717, 1.165) is 5.56 Å². The van der Waals surface area contributed by atoms with Crippen LogP contribution in [0.15, 0.2) is 24.3 Å². The van der Waals surface area contributed by atoms with Crippen LogP contribution in [-0.2, 0) is 9.47 Å². The summed E-state index contributed by atoms with van der Waals surface area (Å²) in [5.41, 5.74) is 0.866. The summed E-state index contributed by atoms with van der Waals surface area (Å²) in [7, 11) is 0. The first-order chi connectivity index (χ1) is 8.70. The predicted octanol–water partition coefficient (Wildman–Crippen LogP) is 2.36. The molecule has 1 aromatic rings. The Kier molecular flexibility index (Phi) is 4.15. The number of carbonyl (C=O) groups is 1. The van der Waals surface area contributed by atoms with Crippen LogP contribution in [0.3, 0.4) is 0 Å². The number of carbonyl (C=O) groups excluding carboxylic acids is 1. The van der Waals surface area contributed by atoms with Crippen LogP contribution in [0.5, 0.6) is 0 Å². The lowest BCUT2D eigenvalue weighted by Crippen LogP contribution is -2.42. The summed E-state index contributed by atoms with van der Waals surface area (Å²) >= 11 is 0. The Labute approximate surface area is 105 Å². The van der Waals surface area contributed by atoms with E-state index >= 15 is 0 Å². The van der Waals surface area contributed by atoms with E-state index in [0.29, 0.717) is 26.3 Å². The first-order valence-electron chi connectivity index (χ1n) is 5.99. The molecule has 0 bridgehead atoms. The smallest absolute Gasteiger partial charge is 0.409 e. The molecule has 1 unspecified atom stereocenters. The number of nitrogens with zero attached hydrogens (tertiary/aromatic N) is 1. The number of halogens is 1. The van der Waals surface area contributed by atoms with Gasteiger partial charge in [-0.05, 0) is 24.6 Å². The first-order valence-corrected chi connectivity index (χ1v) is 5.99. The topological polar surface area (TPSA) is 38.8 Å². The summed E-state index contributed by atoms with van der Waals surface area (Å²) in [4.78, 5) is 13.2. The molecule has 1 amide bonds. The van der Waals surface area contributed by atoms with Crippen molar-refractivity contribution in [2.45, 2.75) is 13.0 Å². The van der Waals surface area contributed by atoms with E-state index in [9.17, 15) is 9.18 Å². The summed E-state index contributed by atoms with van der Waals surface area (Å²) in [6.45, 7) is 3.55. The van der Waals surface area contributed by atoms with E-state index in [2.05, 4.69) is 0 Å². The van der Waals surface area contributed by atoms with Crippen LogP contribution in [0.2, 0.25) is 0 Å². The normalized spacial score (nSPS) is 19.7. The van der Waals surface area contributed by atoms with Crippen LogP contribution >= 0.6 is 0 Å². The Morgan fingerprint density at radius 2 is 2.22 bits per heavy atom. The van der Waals surface area contributed by atoms with Crippen LogP contribution in [0, 0.1) is 5.82 Å². The van der Waals surface area contributed by atoms with Gasteiger partial charge in [-0.2, -0.15) is 0 Å². The van der Waals surface area contributed by atoms with Gasteiger partial charge < -0.3 is 14.4 Å². The lowest BCUT2D eigenvalue weighted by atomic mass is 10.1. The highest BCUT2D eigenvalue weighted by molar-refractivity contribution is 5.67. The number of amides is 1. The number of hydrogen-bond donors (Lipinski definition) is 0. The standard InChI is InChI=1S/C13H16FNO3/c1-2-17-13(16)15-7-8-18-12(9-15)10-3-5-11(14)6-4-10/h3-6,12H,2,7-9H2,1H3. The average Bonchev–Trinajstić information content (AvgIpc) is 2.40. The van der Waals surface area contributed by atoms with Gasteiger partial charge in [0, 0.05) is 6.54 Å². The lowest BCUT2D eigenvalue weighted by molar-refractivity contribution is -0.0280. The summed E-state index contributed by atoms with van der Waals surface area (Å²) in [6.07, 6.45) is -0.545. The van der Waals surface area contributed by atoms with Crippen LogP contribution in [0.4, 0.5) is 9.18 Å². The van der Waals surface area contributed by atoms with Crippen molar-refractivity contribution in [2.75, 3.05) is 26.3 Å². The summed E-state index contributed by atoms with van der Waals surface area (Å²) in [6, 6.07) is 6.13. The second kappa shape index (κ2) is 5.82. The molecule has 1 aliphatic rings. The summed E-state index contributed by atoms with van der Waals surface area (Å²) < 4.78 is 23.4. The maximum Gasteiger partial charge on any atom is 0.409 e. The van der Waals surface area contributed by atoms with Crippen LogP contribution in [-0.4, -0.2) is 37.3 Å². The highest BCUT2D eigenvalue weighted by atomic mass is 19.1. The number of ether oxygens (including phenoxy) is 2. The zero-order chi connectivity index (χ0) is 13.0. The van der Waals surface area contributed by atoms with Gasteiger partial charge in [0.05, 0.1) is 19.8 Å². The molecule has 0 spiro atoms. The van der Waals surface area contributed by atoms with Gasteiger partial charge in [-0.15, -0.1) is 0 Å². The van der Waals surface area contributed by atoms with E-state index in [4.69, 9.17) is 9.47 Å². The van der Waals surface area contributed by atoms with E-state index < -0.39 is 0 Å². The van der Waals surface area contributed by atoms with Crippen molar-refractivity contribution in [1.82, 2.24) is 4.90 Å². The second-order valence-corrected chi connectivity index (χ2v) is 4.06. The molecule has 4 nitrogen and oxygen atoms in total. The van der Waals surface area contributed by atoms with Gasteiger partial charge in [-0.3, -0.25) is 0 Å². The van der Waals surface area contributed by atoms with Gasteiger partial charge in [0.25, 0.3) is 0 Å². The third kappa shape index (κ3) is 2.98. The number of rotatable bonds is 2. The maximum absolute atomic E-state index is 12.8. The minimum atomic E-state index is -0.326. The third-order valence-electron chi connectivity index (χ3n) is 2.83. The van der Waals surface area contributed by atoms with Gasteiger partial charge in [0.15, 0.2) is 0 Å². The van der Waals surface area contributed by atoms with Crippen molar-refractivity contribution < 1.29 is 18.7 Å². The molecule has 1 saturated heterocycles. The van der Waals surface area contributed by atoms with E-state index in [1.165, 1.54) is 12.1 Å². The quantitative estimate of drug-likeness (QED) is 0.812. The van der Waals surface area contributed by atoms with Gasteiger partial charge >= 0.3 is 6.09 Å². The largest absolute Gasteiger partial charge is 0.450 e. The predicted molar refractivity (Wildman–Crippen MR) is 63.7 cm³/mol. The van der Waals surface area contributed by atoms with Gasteiger partial charge in [-0.1, -0.05) is 12.1 Å². The fourth-order valence-electron chi connectivity index (χ4n) is 1.91. The Hall–Kier alpha value is -1.62. The summed E-state index contributed by atoms with van der Waals surface area (Å²) in [5, 5.41) is 0. The minimum absolute atomic E-state index is 0.219. The third-order valence-corrected chi connectivity index (χ3v) is 2.83. The highest BCUT2D eigenvalue weighted by Gasteiger charge is 2.26. The van der Waals surface area contributed by atoms with Crippen LogP contribution in [0.25, 0.3) is 0 Å². The van der Waals surface area contributed by atoms with Crippen molar-refractivity contribution in [3.63, 3.8) is 0 Å². The number of benzene rings is 1. The van der Waals surface area contributed by atoms with Crippen molar-refractivity contribution in [1.29, 1.82) is 0 Å². The van der Waals surface area contributed by atoms with E-state index in [1.54, 1.807) is 24.0 Å². The molecule has 98 valence electrons. The van der Waals surface area contributed by atoms with Gasteiger partial charge in [0.2, 0.25) is 0 Å². The Balaban J connectivity index is 2.02. The van der Waals surface area contributed by atoms with Crippen molar-refractivity contribution >= 4 is 6.09 Å². The molecule has 0 aliphatic carbocycles. The molecular formula is C13H16FNO3. The molecule has 1 aromatic carbocycles. The molecule has 0 saturated carbocycles. The molecule has 0 N–H and O–H groups in total. The maximum atomic E-state index is 12.8. The van der Waals surface area contributed by atoms with Crippen molar-refractivity contribution in [3.8, 4) is 0 Å². The average molecular weight is 253 g/mol. The number of morpholine rings is 1. The Bertz CT molecular complexity index is 407. The zero-order valence-corrected chi connectivity index (χ0v) is 10.3. The highest BCUT2D eigenvalue weighted by Crippen LogP contribution is 2.22. The molecule has 5 heteroatoms. The molecule has 1 fully saturated rings. The molecule has 1 aliphatic heterocycles. The molecule has 18 heavy (non-hydrogen) atoms. The molecular weight excluding hydrogens is 237 g/mol. The van der Waals surface area contributed by atoms with Gasteiger partial charge in [0.1, 0.15) is 11.9 Å². The van der Waals surface area contributed by atoms with Crippen molar-refractivity contribution in [3.05, 3.63) is 35.6 Å². The molecule has 0 radical (unpaired) electrons. The summed E-state index contributed by atoms with van der Waals surface area (Å²) in [5.74, 6) is -0.281. The fourth-order valence-corrected chi connectivity index (χ4v) is 1.91. The van der Waals surface area contributed by atoms with E-state index in [-0.39, 0.29) is 18.0 Å². The van der Waals surface area contributed by atoms with Crippen LogP contribution < -0.4 is 0 Å².